The van der Waals surface area contributed by atoms with Crippen molar-refractivity contribution in [2.45, 2.75) is 10.6 Å². The largest absolute Gasteiger partial charge is 0.397 e. The van der Waals surface area contributed by atoms with E-state index in [4.69, 9.17) is 5.73 Å². The third-order valence-electron chi connectivity index (χ3n) is 2.21. The molecular formula is C12H10F2N2S. The van der Waals surface area contributed by atoms with Crippen LogP contribution in [0.4, 0.5) is 14.5 Å². The number of nitrogen functional groups attached to an aromatic ring is 1. The number of anilines is 1. The van der Waals surface area contributed by atoms with E-state index >= 15 is 0 Å². The van der Waals surface area contributed by atoms with Gasteiger partial charge in [-0.25, -0.2) is 8.78 Å². The van der Waals surface area contributed by atoms with Crippen LogP contribution in [0.3, 0.4) is 0 Å². The second-order valence-electron chi connectivity index (χ2n) is 3.44. The molecule has 88 valence electrons. The molecule has 0 radical (unpaired) electrons. The monoisotopic (exact) mass is 252 g/mol. The van der Waals surface area contributed by atoms with Gasteiger partial charge >= 0.3 is 0 Å². The third-order valence-corrected chi connectivity index (χ3v) is 3.35. The Kier molecular flexibility index (Phi) is 3.58. The van der Waals surface area contributed by atoms with E-state index in [9.17, 15) is 8.78 Å². The molecule has 17 heavy (non-hydrogen) atoms. The summed E-state index contributed by atoms with van der Waals surface area (Å²) in [6, 6.07) is 5.33. The fraction of sp³-hybridized carbons (Fsp3) is 0.0833. The molecule has 0 saturated carbocycles. The minimum atomic E-state index is -0.570. The van der Waals surface area contributed by atoms with Crippen LogP contribution in [-0.4, -0.2) is 4.98 Å². The van der Waals surface area contributed by atoms with Crippen LogP contribution in [0, 0.1) is 11.6 Å². The Morgan fingerprint density at radius 2 is 2.06 bits per heavy atom. The molecule has 5 heteroatoms. The van der Waals surface area contributed by atoms with Crippen molar-refractivity contribution in [3.05, 3.63) is 53.9 Å². The summed E-state index contributed by atoms with van der Waals surface area (Å²) < 4.78 is 26.1. The highest BCUT2D eigenvalue weighted by molar-refractivity contribution is 7.98. The van der Waals surface area contributed by atoms with Gasteiger partial charge < -0.3 is 5.73 Å². The number of nitrogens with two attached hydrogens (primary N) is 1. The van der Waals surface area contributed by atoms with Crippen LogP contribution in [0.5, 0.6) is 0 Å². The lowest BCUT2D eigenvalue weighted by Crippen LogP contribution is -1.92. The maximum absolute atomic E-state index is 13.4. The molecule has 1 aromatic heterocycles. The van der Waals surface area contributed by atoms with Gasteiger partial charge in [0.15, 0.2) is 0 Å². The molecule has 2 nitrogen and oxygen atoms in total. The fourth-order valence-corrected chi connectivity index (χ4v) is 2.24. The number of nitrogens with zero attached hydrogens (tertiary/aromatic N) is 1. The van der Waals surface area contributed by atoms with Crippen LogP contribution in [0.25, 0.3) is 0 Å². The Morgan fingerprint density at radius 1 is 1.24 bits per heavy atom. The van der Waals surface area contributed by atoms with E-state index in [0.29, 0.717) is 17.0 Å². The SMILES string of the molecule is Nc1cnccc1SCc1ccc(F)cc1F. The molecule has 2 rings (SSSR count). The number of rotatable bonds is 3. The Balaban J connectivity index is 2.10. The first-order valence-corrected chi connectivity index (χ1v) is 5.91. The Morgan fingerprint density at radius 3 is 2.76 bits per heavy atom. The van der Waals surface area contributed by atoms with E-state index in [1.165, 1.54) is 23.9 Å². The van der Waals surface area contributed by atoms with Crippen molar-refractivity contribution in [1.82, 2.24) is 4.98 Å². The van der Waals surface area contributed by atoms with E-state index in [-0.39, 0.29) is 0 Å². The van der Waals surface area contributed by atoms with E-state index < -0.39 is 11.6 Å². The van der Waals surface area contributed by atoms with Crippen molar-refractivity contribution in [1.29, 1.82) is 0 Å². The lowest BCUT2D eigenvalue weighted by atomic mass is 10.2. The molecule has 0 fully saturated rings. The molecule has 1 aromatic carbocycles. The summed E-state index contributed by atoms with van der Waals surface area (Å²) in [5.74, 6) is -0.704. The maximum Gasteiger partial charge on any atom is 0.130 e. The third kappa shape index (κ3) is 2.94. The lowest BCUT2D eigenvalue weighted by Gasteiger charge is -2.05. The summed E-state index contributed by atoms with van der Waals surface area (Å²) in [6.07, 6.45) is 3.17. The fourth-order valence-electron chi connectivity index (χ4n) is 1.32. The van der Waals surface area contributed by atoms with Gasteiger partial charge in [0.2, 0.25) is 0 Å². The molecular weight excluding hydrogens is 242 g/mol. The topological polar surface area (TPSA) is 38.9 Å². The average molecular weight is 252 g/mol. The normalized spacial score (nSPS) is 10.5. The summed E-state index contributed by atoms with van der Waals surface area (Å²) >= 11 is 1.39. The zero-order valence-corrected chi connectivity index (χ0v) is 9.68. The highest BCUT2D eigenvalue weighted by Crippen LogP contribution is 2.27. The first-order valence-electron chi connectivity index (χ1n) is 4.93. The molecule has 1 heterocycles. The molecule has 0 bridgehead atoms. The predicted octanol–water partition coefficient (Wildman–Crippen LogP) is 3.23. The number of hydrogen-bond acceptors (Lipinski definition) is 3. The van der Waals surface area contributed by atoms with E-state index in [0.717, 1.165) is 11.0 Å². The van der Waals surface area contributed by atoms with Crippen LogP contribution >= 0.6 is 11.8 Å². The zero-order chi connectivity index (χ0) is 12.3. The van der Waals surface area contributed by atoms with E-state index in [1.54, 1.807) is 18.5 Å². The van der Waals surface area contributed by atoms with Crippen molar-refractivity contribution in [2.75, 3.05) is 5.73 Å². The standard InChI is InChI=1S/C12H10F2N2S/c13-9-2-1-8(10(14)5-9)7-17-12-3-4-16-6-11(12)15/h1-6H,7,15H2. The van der Waals surface area contributed by atoms with Gasteiger partial charge in [0.1, 0.15) is 11.6 Å². The van der Waals surface area contributed by atoms with Crippen molar-refractivity contribution in [3.8, 4) is 0 Å². The second kappa shape index (κ2) is 5.14. The summed E-state index contributed by atoms with van der Waals surface area (Å²) in [4.78, 5) is 4.70. The minimum Gasteiger partial charge on any atom is -0.397 e. The van der Waals surface area contributed by atoms with E-state index in [1.807, 2.05) is 0 Å². The summed E-state index contributed by atoms with van der Waals surface area (Å²) in [5.41, 5.74) is 6.72. The van der Waals surface area contributed by atoms with Gasteiger partial charge in [-0.2, -0.15) is 0 Å². The smallest absolute Gasteiger partial charge is 0.130 e. The van der Waals surface area contributed by atoms with Gasteiger partial charge in [-0.05, 0) is 17.7 Å². The van der Waals surface area contributed by atoms with Gasteiger partial charge in [0.05, 0.1) is 11.9 Å². The molecule has 0 aliphatic heterocycles. The van der Waals surface area contributed by atoms with Gasteiger partial charge in [0.25, 0.3) is 0 Å². The van der Waals surface area contributed by atoms with Crippen molar-refractivity contribution >= 4 is 17.4 Å². The first kappa shape index (κ1) is 11.9. The highest BCUT2D eigenvalue weighted by Gasteiger charge is 2.05. The average Bonchev–Trinajstić information content (AvgIpc) is 2.30. The Labute approximate surface area is 102 Å². The lowest BCUT2D eigenvalue weighted by molar-refractivity contribution is 0.576. The molecule has 0 atom stereocenters. The molecule has 0 saturated heterocycles. The van der Waals surface area contributed by atoms with Crippen LogP contribution in [-0.2, 0) is 5.75 Å². The number of hydrogen-bond donors (Lipinski definition) is 1. The zero-order valence-electron chi connectivity index (χ0n) is 8.86. The number of benzene rings is 1. The molecule has 0 aliphatic carbocycles. The summed E-state index contributed by atoms with van der Waals surface area (Å²) in [7, 11) is 0. The Bertz CT molecular complexity index is 532. The quantitative estimate of drug-likeness (QED) is 0.852. The Hall–Kier alpha value is -1.62. The number of pyridine rings is 1. The van der Waals surface area contributed by atoms with Crippen molar-refractivity contribution in [3.63, 3.8) is 0 Å². The molecule has 0 amide bonds. The highest BCUT2D eigenvalue weighted by atomic mass is 32.2. The number of halogens is 2. The first-order chi connectivity index (χ1) is 8.16. The van der Waals surface area contributed by atoms with Crippen LogP contribution in [0.2, 0.25) is 0 Å². The molecule has 0 aliphatic rings. The van der Waals surface area contributed by atoms with Crippen LogP contribution < -0.4 is 5.73 Å². The molecule has 0 spiro atoms. The van der Waals surface area contributed by atoms with Crippen LogP contribution in [0.15, 0.2) is 41.6 Å². The minimum absolute atomic E-state index is 0.403. The van der Waals surface area contributed by atoms with Gasteiger partial charge in [-0.1, -0.05) is 6.07 Å². The number of thioether (sulfide) groups is 1. The maximum atomic E-state index is 13.4. The second-order valence-corrected chi connectivity index (χ2v) is 4.46. The summed E-state index contributed by atoms with van der Waals surface area (Å²) in [6.45, 7) is 0. The van der Waals surface area contributed by atoms with E-state index in [2.05, 4.69) is 4.98 Å². The summed E-state index contributed by atoms with van der Waals surface area (Å²) in [5, 5.41) is 0. The predicted molar refractivity (Wildman–Crippen MR) is 64.6 cm³/mol. The van der Waals surface area contributed by atoms with Crippen molar-refractivity contribution in [2.24, 2.45) is 0 Å². The molecule has 0 unspecified atom stereocenters. The number of aromatic nitrogens is 1. The molecule has 2 N–H and O–H groups in total. The van der Waals surface area contributed by atoms with Crippen molar-refractivity contribution < 1.29 is 8.78 Å². The molecule has 2 aromatic rings. The van der Waals surface area contributed by atoms with Gasteiger partial charge in [0, 0.05) is 22.9 Å². The van der Waals surface area contributed by atoms with Gasteiger partial charge in [-0.15, -0.1) is 11.8 Å². The van der Waals surface area contributed by atoms with Crippen LogP contribution in [0.1, 0.15) is 5.56 Å². The van der Waals surface area contributed by atoms with Gasteiger partial charge in [-0.3, -0.25) is 4.98 Å².